The van der Waals surface area contributed by atoms with Crippen molar-refractivity contribution < 1.29 is 9.90 Å². The lowest BCUT2D eigenvalue weighted by atomic mass is 10.1. The van der Waals surface area contributed by atoms with Gasteiger partial charge in [-0.2, -0.15) is 0 Å². The van der Waals surface area contributed by atoms with Crippen molar-refractivity contribution in [1.82, 2.24) is 0 Å². The molecule has 0 fully saturated rings. The molecule has 0 aromatic heterocycles. The lowest BCUT2D eigenvalue weighted by Crippen LogP contribution is -1.92. The number of rotatable bonds is 15. The van der Waals surface area contributed by atoms with Crippen LogP contribution in [0.5, 0.6) is 0 Å². The Hall–Kier alpha value is -0.630. The standard InChI is InChI=1S/C18H34O2/c1-2-3-4-9-12-15-18(20)16-13-10-7-5-6-8-11-14-17-19/h13,16,19H,2-12,14-15,17H2,1H3/b16-13+. The number of hydrogen-bond donors (Lipinski definition) is 1. The van der Waals surface area contributed by atoms with Gasteiger partial charge in [-0.05, 0) is 31.8 Å². The number of hydrogen-bond acceptors (Lipinski definition) is 2. The predicted octanol–water partition coefficient (Wildman–Crippen LogP) is 5.20. The van der Waals surface area contributed by atoms with Crippen molar-refractivity contribution in [1.29, 1.82) is 0 Å². The van der Waals surface area contributed by atoms with Crippen molar-refractivity contribution >= 4 is 5.78 Å². The maximum atomic E-state index is 11.6. The monoisotopic (exact) mass is 282 g/mol. The van der Waals surface area contributed by atoms with E-state index in [1.165, 1.54) is 51.4 Å². The van der Waals surface area contributed by atoms with E-state index in [1.807, 2.05) is 6.08 Å². The average molecular weight is 282 g/mol. The van der Waals surface area contributed by atoms with Gasteiger partial charge >= 0.3 is 0 Å². The Balaban J connectivity index is 3.26. The van der Waals surface area contributed by atoms with Gasteiger partial charge in [0.05, 0.1) is 0 Å². The molecule has 0 rings (SSSR count). The molecule has 0 bridgehead atoms. The minimum absolute atomic E-state index is 0.296. The first-order valence-electron chi connectivity index (χ1n) is 8.61. The Morgan fingerprint density at radius 1 is 0.850 bits per heavy atom. The lowest BCUT2D eigenvalue weighted by Gasteiger charge is -1.99. The van der Waals surface area contributed by atoms with Crippen LogP contribution in [0.15, 0.2) is 12.2 Å². The molecule has 1 N–H and O–H groups in total. The summed E-state index contributed by atoms with van der Waals surface area (Å²) in [6.07, 6.45) is 18.6. The maximum Gasteiger partial charge on any atom is 0.155 e. The molecular formula is C18H34O2. The largest absolute Gasteiger partial charge is 0.396 e. The van der Waals surface area contributed by atoms with E-state index in [9.17, 15) is 4.79 Å². The third-order valence-corrected chi connectivity index (χ3v) is 3.61. The third kappa shape index (κ3) is 15.4. The van der Waals surface area contributed by atoms with Crippen molar-refractivity contribution in [2.45, 2.75) is 90.4 Å². The summed E-state index contributed by atoms with van der Waals surface area (Å²) in [7, 11) is 0. The van der Waals surface area contributed by atoms with Gasteiger partial charge in [0.2, 0.25) is 0 Å². The highest BCUT2D eigenvalue weighted by Gasteiger charge is 1.96. The number of aliphatic hydroxyl groups is 1. The van der Waals surface area contributed by atoms with E-state index in [4.69, 9.17) is 5.11 Å². The third-order valence-electron chi connectivity index (χ3n) is 3.61. The van der Waals surface area contributed by atoms with Crippen LogP contribution in [0.3, 0.4) is 0 Å². The van der Waals surface area contributed by atoms with Gasteiger partial charge in [-0.1, -0.05) is 64.4 Å². The number of allylic oxidation sites excluding steroid dienone is 2. The molecule has 0 saturated heterocycles. The Labute approximate surface area is 125 Å². The Morgan fingerprint density at radius 3 is 2.15 bits per heavy atom. The van der Waals surface area contributed by atoms with Gasteiger partial charge in [0.25, 0.3) is 0 Å². The highest BCUT2D eigenvalue weighted by atomic mass is 16.2. The van der Waals surface area contributed by atoms with E-state index >= 15 is 0 Å². The first-order valence-corrected chi connectivity index (χ1v) is 8.61. The summed E-state index contributed by atoms with van der Waals surface area (Å²) in [6, 6.07) is 0. The molecule has 0 aliphatic heterocycles. The van der Waals surface area contributed by atoms with Crippen LogP contribution < -0.4 is 0 Å². The number of aliphatic hydroxyl groups excluding tert-OH is 1. The van der Waals surface area contributed by atoms with E-state index in [0.717, 1.165) is 32.1 Å². The van der Waals surface area contributed by atoms with Crippen LogP contribution in [0.2, 0.25) is 0 Å². The molecule has 0 saturated carbocycles. The molecule has 2 heteroatoms. The summed E-state index contributed by atoms with van der Waals surface area (Å²) in [5, 5.41) is 8.65. The quantitative estimate of drug-likeness (QED) is 0.331. The van der Waals surface area contributed by atoms with Crippen molar-refractivity contribution in [2.24, 2.45) is 0 Å². The number of carbonyl (C=O) groups excluding carboxylic acids is 1. The van der Waals surface area contributed by atoms with E-state index in [0.29, 0.717) is 12.4 Å². The van der Waals surface area contributed by atoms with Crippen LogP contribution in [0.1, 0.15) is 90.4 Å². The Bertz CT molecular complexity index is 234. The second-order valence-electron chi connectivity index (χ2n) is 5.67. The molecule has 118 valence electrons. The SMILES string of the molecule is CCCCCCCC(=O)/C=C/CCCCCCCCO. The van der Waals surface area contributed by atoms with Gasteiger partial charge in [0.15, 0.2) is 5.78 Å². The number of carbonyl (C=O) groups is 1. The van der Waals surface area contributed by atoms with Crippen LogP contribution in [-0.2, 0) is 4.79 Å². The molecule has 0 unspecified atom stereocenters. The number of unbranched alkanes of at least 4 members (excludes halogenated alkanes) is 10. The van der Waals surface area contributed by atoms with Crippen LogP contribution in [0, 0.1) is 0 Å². The number of ketones is 1. The normalized spacial score (nSPS) is 11.3. The molecule has 0 heterocycles. The van der Waals surface area contributed by atoms with Gasteiger partial charge in [0, 0.05) is 13.0 Å². The van der Waals surface area contributed by atoms with Gasteiger partial charge in [-0.15, -0.1) is 0 Å². The van der Waals surface area contributed by atoms with Crippen LogP contribution >= 0.6 is 0 Å². The van der Waals surface area contributed by atoms with Crippen LogP contribution in [0.25, 0.3) is 0 Å². The zero-order valence-corrected chi connectivity index (χ0v) is 13.4. The maximum absolute atomic E-state index is 11.6. The summed E-state index contributed by atoms with van der Waals surface area (Å²) in [4.78, 5) is 11.6. The van der Waals surface area contributed by atoms with E-state index < -0.39 is 0 Å². The zero-order valence-electron chi connectivity index (χ0n) is 13.4. The Morgan fingerprint density at radius 2 is 1.45 bits per heavy atom. The molecule has 0 aliphatic rings. The lowest BCUT2D eigenvalue weighted by molar-refractivity contribution is -0.114. The van der Waals surface area contributed by atoms with Crippen molar-refractivity contribution in [3.8, 4) is 0 Å². The fraction of sp³-hybridized carbons (Fsp3) is 0.833. The summed E-state index contributed by atoms with van der Waals surface area (Å²) < 4.78 is 0. The highest BCUT2D eigenvalue weighted by Crippen LogP contribution is 2.08. The molecule has 0 aromatic rings. The second-order valence-corrected chi connectivity index (χ2v) is 5.67. The van der Waals surface area contributed by atoms with Gasteiger partial charge in [-0.3, -0.25) is 4.79 Å². The summed E-state index contributed by atoms with van der Waals surface area (Å²) in [6.45, 7) is 2.53. The molecule has 20 heavy (non-hydrogen) atoms. The Kier molecular flexibility index (Phi) is 15.9. The van der Waals surface area contributed by atoms with Crippen molar-refractivity contribution in [2.75, 3.05) is 6.61 Å². The van der Waals surface area contributed by atoms with Crippen molar-refractivity contribution in [3.63, 3.8) is 0 Å². The smallest absolute Gasteiger partial charge is 0.155 e. The van der Waals surface area contributed by atoms with E-state index in [1.54, 1.807) is 6.08 Å². The fourth-order valence-electron chi connectivity index (χ4n) is 2.28. The highest BCUT2D eigenvalue weighted by molar-refractivity contribution is 5.89. The van der Waals surface area contributed by atoms with Gasteiger partial charge < -0.3 is 5.11 Å². The summed E-state index contributed by atoms with van der Waals surface area (Å²) >= 11 is 0. The minimum atomic E-state index is 0.296. The van der Waals surface area contributed by atoms with Crippen LogP contribution in [0.4, 0.5) is 0 Å². The average Bonchev–Trinajstić information content (AvgIpc) is 2.45. The van der Waals surface area contributed by atoms with E-state index in [2.05, 4.69) is 6.92 Å². The first-order chi connectivity index (χ1) is 9.81. The molecule has 0 aromatic carbocycles. The molecule has 0 atom stereocenters. The zero-order chi connectivity index (χ0) is 14.9. The van der Waals surface area contributed by atoms with Crippen LogP contribution in [-0.4, -0.2) is 17.5 Å². The second kappa shape index (κ2) is 16.4. The van der Waals surface area contributed by atoms with Crippen molar-refractivity contribution in [3.05, 3.63) is 12.2 Å². The molecular weight excluding hydrogens is 248 g/mol. The molecule has 0 aliphatic carbocycles. The topological polar surface area (TPSA) is 37.3 Å². The molecule has 0 spiro atoms. The van der Waals surface area contributed by atoms with Gasteiger partial charge in [-0.25, -0.2) is 0 Å². The van der Waals surface area contributed by atoms with Gasteiger partial charge in [0.1, 0.15) is 0 Å². The minimum Gasteiger partial charge on any atom is -0.396 e. The predicted molar refractivity (Wildman–Crippen MR) is 86.9 cm³/mol. The summed E-state index contributed by atoms with van der Waals surface area (Å²) in [5.41, 5.74) is 0. The molecule has 0 radical (unpaired) electrons. The fourth-order valence-corrected chi connectivity index (χ4v) is 2.28. The molecule has 0 amide bonds. The van der Waals surface area contributed by atoms with E-state index in [-0.39, 0.29) is 0 Å². The molecule has 2 nitrogen and oxygen atoms in total. The summed E-state index contributed by atoms with van der Waals surface area (Å²) in [5.74, 6) is 0.296. The first kappa shape index (κ1) is 19.4.